The van der Waals surface area contributed by atoms with E-state index in [1.165, 1.54) is 23.3 Å². The van der Waals surface area contributed by atoms with E-state index in [1.54, 1.807) is 0 Å². The van der Waals surface area contributed by atoms with Crippen LogP contribution in [0.2, 0.25) is 0 Å². The van der Waals surface area contributed by atoms with Crippen LogP contribution < -0.4 is 4.74 Å². The Bertz CT molecular complexity index is 1690. The second kappa shape index (κ2) is 10.8. The van der Waals surface area contributed by atoms with Gasteiger partial charge >= 0.3 is 5.97 Å². The number of nitrogens with one attached hydrogen (secondary N) is 1. The molecule has 0 unspecified atom stereocenters. The maximum atomic E-state index is 13.6. The molecule has 0 fully saturated rings. The molecule has 0 amide bonds. The zero-order valence-corrected chi connectivity index (χ0v) is 21.7. The number of fused-ring (bicyclic) bond motifs is 2. The van der Waals surface area contributed by atoms with Gasteiger partial charge in [-0.05, 0) is 84.4 Å². The summed E-state index contributed by atoms with van der Waals surface area (Å²) in [6.07, 6.45) is 5.24. The molecule has 4 nitrogen and oxygen atoms in total. The first kappa shape index (κ1) is 24.9. The van der Waals surface area contributed by atoms with Crippen LogP contribution in [0, 0.1) is 5.82 Å². The standard InChI is InChI=1S/C34H30FNO3/c35-24-19-17-23(18-20-24)25-10-3-4-12-27(25)28-13-6-14-29-30(33(34(37)38)36-32(28)29)15-7-21-39-31-16-5-9-22-8-1-2-11-26(22)31/h1-2,5-6,8-9,11,13-14,16-20,36H,3-4,7,10,12,15,21H2,(H,37,38). The molecule has 0 radical (unpaired) electrons. The van der Waals surface area contributed by atoms with Crippen molar-refractivity contribution in [3.63, 3.8) is 0 Å². The van der Waals surface area contributed by atoms with Crippen LogP contribution in [0.1, 0.15) is 59.3 Å². The number of hydrogen-bond donors (Lipinski definition) is 2. The van der Waals surface area contributed by atoms with Crippen molar-refractivity contribution >= 4 is 38.8 Å². The lowest BCUT2D eigenvalue weighted by Crippen LogP contribution is -2.04. The van der Waals surface area contributed by atoms with E-state index in [4.69, 9.17) is 4.74 Å². The highest BCUT2D eigenvalue weighted by Gasteiger charge is 2.22. The van der Waals surface area contributed by atoms with Crippen LogP contribution in [0.4, 0.5) is 4.39 Å². The Morgan fingerprint density at radius 3 is 2.38 bits per heavy atom. The number of allylic oxidation sites excluding steroid dienone is 2. The molecule has 0 aliphatic heterocycles. The number of aryl methyl sites for hydroxylation is 1. The number of aromatic nitrogens is 1. The van der Waals surface area contributed by atoms with Gasteiger partial charge in [-0.15, -0.1) is 0 Å². The third-order valence-corrected chi connectivity index (χ3v) is 7.72. The van der Waals surface area contributed by atoms with Gasteiger partial charge in [-0.2, -0.15) is 0 Å². The van der Waals surface area contributed by atoms with Crippen LogP contribution in [0.15, 0.2) is 84.9 Å². The highest BCUT2D eigenvalue weighted by molar-refractivity contribution is 6.05. The topological polar surface area (TPSA) is 62.3 Å². The Morgan fingerprint density at radius 2 is 1.56 bits per heavy atom. The Hall–Kier alpha value is -4.38. The first-order valence-electron chi connectivity index (χ1n) is 13.6. The summed E-state index contributed by atoms with van der Waals surface area (Å²) in [5.41, 5.74) is 6.39. The van der Waals surface area contributed by atoms with Gasteiger partial charge in [-0.1, -0.05) is 66.7 Å². The summed E-state index contributed by atoms with van der Waals surface area (Å²) in [6, 6.07) is 26.9. The number of hydrogen-bond acceptors (Lipinski definition) is 2. The molecule has 0 saturated heterocycles. The molecule has 1 aromatic heterocycles. The fraction of sp³-hybridized carbons (Fsp3) is 0.206. The zero-order valence-electron chi connectivity index (χ0n) is 21.7. The SMILES string of the molecule is O=C(O)c1[nH]c2c(C3=C(c4ccc(F)cc4)CCCC3)cccc2c1CCCOc1cccc2ccccc12. The van der Waals surface area contributed by atoms with E-state index in [1.807, 2.05) is 48.5 Å². The zero-order chi connectivity index (χ0) is 26.8. The molecule has 0 bridgehead atoms. The third-order valence-electron chi connectivity index (χ3n) is 7.72. The van der Waals surface area contributed by atoms with Gasteiger partial charge in [0.25, 0.3) is 0 Å². The molecule has 1 heterocycles. The fourth-order valence-corrected chi connectivity index (χ4v) is 5.89. The first-order chi connectivity index (χ1) is 19.1. The van der Waals surface area contributed by atoms with Gasteiger partial charge in [-0.25, -0.2) is 9.18 Å². The number of aromatic carboxylic acids is 1. The number of halogens is 1. The Balaban J connectivity index is 1.31. The van der Waals surface area contributed by atoms with E-state index < -0.39 is 5.97 Å². The average molecular weight is 520 g/mol. The maximum Gasteiger partial charge on any atom is 0.352 e. The number of H-pyrrole nitrogens is 1. The lowest BCUT2D eigenvalue weighted by Gasteiger charge is -2.22. The monoisotopic (exact) mass is 519 g/mol. The van der Waals surface area contributed by atoms with Crippen molar-refractivity contribution in [2.45, 2.75) is 38.5 Å². The van der Waals surface area contributed by atoms with E-state index in [-0.39, 0.29) is 11.5 Å². The summed E-state index contributed by atoms with van der Waals surface area (Å²) in [6.45, 7) is 0.485. The number of aromatic amines is 1. The van der Waals surface area contributed by atoms with Gasteiger partial charge in [0.1, 0.15) is 17.3 Å². The fourth-order valence-electron chi connectivity index (χ4n) is 5.89. The largest absolute Gasteiger partial charge is 0.493 e. The number of benzene rings is 4. The highest BCUT2D eigenvalue weighted by atomic mass is 19.1. The number of carboxylic acids is 1. The molecule has 6 rings (SSSR count). The van der Waals surface area contributed by atoms with Crippen LogP contribution >= 0.6 is 0 Å². The molecule has 0 saturated carbocycles. The highest BCUT2D eigenvalue weighted by Crippen LogP contribution is 2.41. The molecule has 0 atom stereocenters. The molecule has 1 aliphatic rings. The second-order valence-corrected chi connectivity index (χ2v) is 10.1. The van der Waals surface area contributed by atoms with E-state index in [9.17, 15) is 14.3 Å². The van der Waals surface area contributed by atoms with E-state index in [0.717, 1.165) is 69.8 Å². The number of carbonyl (C=O) groups is 1. The van der Waals surface area contributed by atoms with Gasteiger partial charge in [0.2, 0.25) is 0 Å². The normalized spacial score (nSPS) is 13.8. The van der Waals surface area contributed by atoms with Crippen LogP contribution in [0.25, 0.3) is 32.8 Å². The van der Waals surface area contributed by atoms with Gasteiger partial charge in [-0.3, -0.25) is 0 Å². The van der Waals surface area contributed by atoms with Crippen molar-refractivity contribution in [3.8, 4) is 5.75 Å². The summed E-state index contributed by atoms with van der Waals surface area (Å²) < 4.78 is 19.7. The van der Waals surface area contributed by atoms with Crippen molar-refractivity contribution < 1.29 is 19.0 Å². The first-order valence-corrected chi connectivity index (χ1v) is 13.6. The summed E-state index contributed by atoms with van der Waals surface area (Å²) in [5, 5.41) is 13.2. The third kappa shape index (κ3) is 4.92. The van der Waals surface area contributed by atoms with Crippen LogP contribution in [-0.2, 0) is 6.42 Å². The van der Waals surface area contributed by atoms with Crippen LogP contribution in [0.3, 0.4) is 0 Å². The number of para-hydroxylation sites is 1. The Morgan fingerprint density at radius 1 is 0.846 bits per heavy atom. The predicted octanol–water partition coefficient (Wildman–Crippen LogP) is 8.65. The Labute approximate surface area is 226 Å². The van der Waals surface area contributed by atoms with Crippen molar-refractivity contribution in [3.05, 3.63) is 113 Å². The number of carboxylic acid groups (broad SMARTS) is 1. The summed E-state index contributed by atoms with van der Waals surface area (Å²) in [5.74, 6) is -0.368. The summed E-state index contributed by atoms with van der Waals surface area (Å²) in [7, 11) is 0. The molecule has 5 heteroatoms. The summed E-state index contributed by atoms with van der Waals surface area (Å²) in [4.78, 5) is 15.5. The van der Waals surface area contributed by atoms with E-state index >= 15 is 0 Å². The molecule has 2 N–H and O–H groups in total. The van der Waals surface area contributed by atoms with Gasteiger partial charge in [0, 0.05) is 16.3 Å². The van der Waals surface area contributed by atoms with Crippen molar-refractivity contribution in [1.82, 2.24) is 4.98 Å². The molecule has 0 spiro atoms. The quantitative estimate of drug-likeness (QED) is 0.202. The number of ether oxygens (including phenoxy) is 1. The van der Waals surface area contributed by atoms with E-state index in [2.05, 4.69) is 29.2 Å². The lowest BCUT2D eigenvalue weighted by molar-refractivity contribution is 0.0690. The molecule has 4 aromatic carbocycles. The van der Waals surface area contributed by atoms with E-state index in [0.29, 0.717) is 19.4 Å². The van der Waals surface area contributed by atoms with Gasteiger partial charge < -0.3 is 14.8 Å². The minimum atomic E-state index is -0.960. The molecular formula is C34H30FNO3. The molecular weight excluding hydrogens is 489 g/mol. The van der Waals surface area contributed by atoms with Gasteiger partial charge in [0.05, 0.1) is 12.1 Å². The smallest absolute Gasteiger partial charge is 0.352 e. The minimum absolute atomic E-state index is 0.238. The molecule has 196 valence electrons. The Kier molecular flexibility index (Phi) is 6.89. The van der Waals surface area contributed by atoms with Gasteiger partial charge in [0.15, 0.2) is 0 Å². The average Bonchev–Trinajstić information content (AvgIpc) is 3.35. The molecule has 39 heavy (non-hydrogen) atoms. The maximum absolute atomic E-state index is 13.6. The second-order valence-electron chi connectivity index (χ2n) is 10.1. The lowest BCUT2D eigenvalue weighted by atomic mass is 9.83. The van der Waals surface area contributed by atoms with Crippen molar-refractivity contribution in [2.75, 3.05) is 6.61 Å². The molecule has 5 aromatic rings. The van der Waals surface area contributed by atoms with Crippen LogP contribution in [0.5, 0.6) is 5.75 Å². The molecule has 1 aliphatic carbocycles. The van der Waals surface area contributed by atoms with Crippen molar-refractivity contribution in [2.24, 2.45) is 0 Å². The predicted molar refractivity (Wildman–Crippen MR) is 155 cm³/mol. The van der Waals surface area contributed by atoms with Crippen LogP contribution in [-0.4, -0.2) is 22.7 Å². The number of rotatable bonds is 8. The van der Waals surface area contributed by atoms with Crippen molar-refractivity contribution in [1.29, 1.82) is 0 Å². The minimum Gasteiger partial charge on any atom is -0.493 e. The summed E-state index contributed by atoms with van der Waals surface area (Å²) >= 11 is 0.